The highest BCUT2D eigenvalue weighted by atomic mass is 79.9. The summed E-state index contributed by atoms with van der Waals surface area (Å²) in [6.45, 7) is 4.34. The van der Waals surface area contributed by atoms with E-state index in [4.69, 9.17) is 0 Å². The van der Waals surface area contributed by atoms with Gasteiger partial charge in [-0.15, -0.1) is 11.3 Å². The van der Waals surface area contributed by atoms with Crippen LogP contribution in [0.4, 0.5) is 0 Å². The van der Waals surface area contributed by atoms with Crippen LogP contribution in [0.1, 0.15) is 27.6 Å². The van der Waals surface area contributed by atoms with Crippen molar-refractivity contribution in [1.82, 2.24) is 5.32 Å². The summed E-state index contributed by atoms with van der Waals surface area (Å²) in [6.07, 6.45) is 0. The number of hydrogen-bond donors (Lipinski definition) is 1. The summed E-state index contributed by atoms with van der Waals surface area (Å²) in [6, 6.07) is 8.86. The highest BCUT2D eigenvalue weighted by Gasteiger charge is 2.17. The second-order valence-corrected chi connectivity index (χ2v) is 6.08. The van der Waals surface area contributed by atoms with E-state index in [9.17, 15) is 0 Å². The molecular formula is C14H16BrNS. The van der Waals surface area contributed by atoms with Crippen LogP contribution in [-0.4, -0.2) is 7.05 Å². The fourth-order valence-corrected chi connectivity index (χ4v) is 3.23. The summed E-state index contributed by atoms with van der Waals surface area (Å²) in [5.41, 5.74) is 4.01. The molecule has 1 heterocycles. The second kappa shape index (κ2) is 5.34. The van der Waals surface area contributed by atoms with E-state index in [1.165, 1.54) is 26.0 Å². The Morgan fingerprint density at radius 2 is 1.94 bits per heavy atom. The van der Waals surface area contributed by atoms with Gasteiger partial charge in [0.05, 0.1) is 6.04 Å². The minimum atomic E-state index is 0.277. The first-order chi connectivity index (χ1) is 8.15. The zero-order valence-electron chi connectivity index (χ0n) is 10.3. The van der Waals surface area contributed by atoms with Crippen LogP contribution in [0.15, 0.2) is 34.1 Å². The molecule has 0 spiro atoms. The van der Waals surface area contributed by atoms with Gasteiger partial charge < -0.3 is 5.32 Å². The van der Waals surface area contributed by atoms with E-state index in [-0.39, 0.29) is 6.04 Å². The molecular weight excluding hydrogens is 294 g/mol. The van der Waals surface area contributed by atoms with Gasteiger partial charge in [-0.3, -0.25) is 0 Å². The zero-order chi connectivity index (χ0) is 12.4. The summed E-state index contributed by atoms with van der Waals surface area (Å²) in [7, 11) is 2.02. The Bertz CT molecular complexity index is 519. The number of benzene rings is 1. The number of hydrogen-bond acceptors (Lipinski definition) is 2. The fraction of sp³-hybridized carbons (Fsp3) is 0.286. The smallest absolute Gasteiger partial charge is 0.0588 e. The van der Waals surface area contributed by atoms with E-state index in [0.717, 1.165) is 0 Å². The van der Waals surface area contributed by atoms with Crippen LogP contribution in [0, 0.1) is 13.8 Å². The van der Waals surface area contributed by atoms with Crippen molar-refractivity contribution in [2.45, 2.75) is 19.9 Å². The number of halogens is 1. The predicted molar refractivity (Wildman–Crippen MR) is 78.8 cm³/mol. The van der Waals surface area contributed by atoms with Crippen LogP contribution < -0.4 is 5.32 Å². The van der Waals surface area contributed by atoms with E-state index in [1.54, 1.807) is 11.3 Å². The van der Waals surface area contributed by atoms with Crippen LogP contribution in [-0.2, 0) is 0 Å². The van der Waals surface area contributed by atoms with Crippen LogP contribution in [0.2, 0.25) is 0 Å². The van der Waals surface area contributed by atoms with Crippen LogP contribution >= 0.6 is 27.3 Å². The first kappa shape index (κ1) is 12.8. The zero-order valence-corrected chi connectivity index (χ0v) is 12.7. The summed E-state index contributed by atoms with van der Waals surface area (Å²) < 4.78 is 1.17. The van der Waals surface area contributed by atoms with Crippen molar-refractivity contribution in [3.05, 3.63) is 55.7 Å². The topological polar surface area (TPSA) is 12.0 Å². The third-order valence-electron chi connectivity index (χ3n) is 3.12. The van der Waals surface area contributed by atoms with Gasteiger partial charge in [-0.2, -0.15) is 0 Å². The first-order valence-electron chi connectivity index (χ1n) is 5.61. The first-order valence-corrected chi connectivity index (χ1v) is 7.28. The average Bonchev–Trinajstić information content (AvgIpc) is 2.72. The lowest BCUT2D eigenvalue weighted by molar-refractivity contribution is 0.686. The number of thiophene rings is 1. The normalized spacial score (nSPS) is 12.7. The average molecular weight is 310 g/mol. The molecule has 1 unspecified atom stereocenters. The molecule has 0 amide bonds. The van der Waals surface area contributed by atoms with Gasteiger partial charge in [0.15, 0.2) is 0 Å². The van der Waals surface area contributed by atoms with Crippen molar-refractivity contribution in [2.24, 2.45) is 0 Å². The Morgan fingerprint density at radius 1 is 1.18 bits per heavy atom. The Kier molecular flexibility index (Phi) is 4.02. The molecule has 0 saturated carbocycles. The Hall–Kier alpha value is -0.640. The highest BCUT2D eigenvalue weighted by Crippen LogP contribution is 2.32. The van der Waals surface area contributed by atoms with Gasteiger partial charge in [0.2, 0.25) is 0 Å². The Morgan fingerprint density at radius 3 is 2.53 bits per heavy atom. The van der Waals surface area contributed by atoms with Crippen LogP contribution in [0.3, 0.4) is 0 Å². The minimum absolute atomic E-state index is 0.277. The summed E-state index contributed by atoms with van der Waals surface area (Å²) in [5.74, 6) is 0. The van der Waals surface area contributed by atoms with Gasteiger partial charge in [0.1, 0.15) is 0 Å². The lowest BCUT2D eigenvalue weighted by Crippen LogP contribution is -2.18. The maximum Gasteiger partial charge on any atom is 0.0588 e. The SMILES string of the molecule is CNC(c1ccsc1C)c1cccc(Br)c1C. The summed E-state index contributed by atoms with van der Waals surface area (Å²) >= 11 is 5.40. The molecule has 1 aromatic heterocycles. The van der Waals surface area contributed by atoms with Crippen molar-refractivity contribution in [3.63, 3.8) is 0 Å². The monoisotopic (exact) mass is 309 g/mol. The van der Waals surface area contributed by atoms with Crippen molar-refractivity contribution in [2.75, 3.05) is 7.05 Å². The van der Waals surface area contributed by atoms with Crippen molar-refractivity contribution >= 4 is 27.3 Å². The quantitative estimate of drug-likeness (QED) is 0.884. The lowest BCUT2D eigenvalue weighted by atomic mass is 9.96. The van der Waals surface area contributed by atoms with Gasteiger partial charge in [-0.05, 0) is 55.1 Å². The molecule has 90 valence electrons. The predicted octanol–water partition coefficient (Wildman–Crippen LogP) is 4.44. The van der Waals surface area contributed by atoms with Gasteiger partial charge in [0.25, 0.3) is 0 Å². The molecule has 0 aliphatic heterocycles. The molecule has 0 aliphatic carbocycles. The minimum Gasteiger partial charge on any atom is -0.309 e. The summed E-state index contributed by atoms with van der Waals surface area (Å²) in [4.78, 5) is 1.38. The van der Waals surface area contributed by atoms with Gasteiger partial charge in [0, 0.05) is 9.35 Å². The van der Waals surface area contributed by atoms with Crippen molar-refractivity contribution < 1.29 is 0 Å². The number of aryl methyl sites for hydroxylation is 1. The highest BCUT2D eigenvalue weighted by molar-refractivity contribution is 9.10. The van der Waals surface area contributed by atoms with E-state index >= 15 is 0 Å². The third-order valence-corrected chi connectivity index (χ3v) is 4.84. The lowest BCUT2D eigenvalue weighted by Gasteiger charge is -2.19. The molecule has 0 fully saturated rings. The Labute approximate surface area is 115 Å². The molecule has 0 saturated heterocycles. The van der Waals surface area contributed by atoms with E-state index in [1.807, 2.05) is 7.05 Å². The van der Waals surface area contributed by atoms with Crippen LogP contribution in [0.25, 0.3) is 0 Å². The molecule has 2 rings (SSSR count). The molecule has 17 heavy (non-hydrogen) atoms. The Balaban J connectivity index is 2.50. The van der Waals surface area contributed by atoms with Gasteiger partial charge in [-0.1, -0.05) is 28.1 Å². The summed E-state index contributed by atoms with van der Waals surface area (Å²) in [5, 5.41) is 5.57. The molecule has 1 N–H and O–H groups in total. The molecule has 3 heteroatoms. The molecule has 0 aliphatic rings. The van der Waals surface area contributed by atoms with Gasteiger partial charge >= 0.3 is 0 Å². The molecule has 0 radical (unpaired) electrons. The van der Waals surface area contributed by atoms with Crippen molar-refractivity contribution in [3.8, 4) is 0 Å². The maximum absolute atomic E-state index is 3.60. The maximum atomic E-state index is 3.60. The van der Waals surface area contributed by atoms with Crippen molar-refractivity contribution in [1.29, 1.82) is 0 Å². The molecule has 2 aromatic rings. The number of nitrogens with one attached hydrogen (secondary N) is 1. The molecule has 0 bridgehead atoms. The third kappa shape index (κ3) is 2.46. The second-order valence-electron chi connectivity index (χ2n) is 4.11. The number of rotatable bonds is 3. The molecule has 1 aromatic carbocycles. The standard InChI is InChI=1S/C14H16BrNS/c1-9-11(5-4-6-13(9)15)14(16-3)12-7-8-17-10(12)2/h4-8,14,16H,1-3H3. The van der Waals surface area contributed by atoms with Gasteiger partial charge in [-0.25, -0.2) is 0 Å². The van der Waals surface area contributed by atoms with E-state index in [2.05, 4.69) is 64.7 Å². The van der Waals surface area contributed by atoms with E-state index < -0.39 is 0 Å². The molecule has 1 nitrogen and oxygen atoms in total. The van der Waals surface area contributed by atoms with Crippen LogP contribution in [0.5, 0.6) is 0 Å². The van der Waals surface area contributed by atoms with E-state index in [0.29, 0.717) is 0 Å². The fourth-order valence-electron chi connectivity index (χ4n) is 2.11. The largest absolute Gasteiger partial charge is 0.309 e. The molecule has 1 atom stereocenters.